The number of sulfonamides is 1. The molecule has 0 aliphatic heterocycles. The van der Waals surface area contributed by atoms with E-state index in [0.717, 1.165) is 23.4 Å². The first-order valence-electron chi connectivity index (χ1n) is 7.04. The zero-order valence-corrected chi connectivity index (χ0v) is 15.1. The molecule has 1 aromatic heterocycles. The van der Waals surface area contributed by atoms with E-state index in [9.17, 15) is 8.42 Å². The summed E-state index contributed by atoms with van der Waals surface area (Å²) in [7, 11) is -1.99. The third-order valence-electron chi connectivity index (χ3n) is 2.89. The van der Waals surface area contributed by atoms with Crippen LogP contribution in [0.3, 0.4) is 0 Å². The molecular formula is C14H26N2O3S2. The van der Waals surface area contributed by atoms with Gasteiger partial charge in [-0.15, -0.1) is 11.3 Å². The Hall–Kier alpha value is -0.470. The molecule has 0 aliphatic carbocycles. The fourth-order valence-electron chi connectivity index (χ4n) is 2.15. The molecule has 0 aliphatic rings. The summed E-state index contributed by atoms with van der Waals surface area (Å²) in [5.74, 6) is 0. The molecule has 5 nitrogen and oxygen atoms in total. The number of hydrogen-bond acceptors (Lipinski definition) is 5. The van der Waals surface area contributed by atoms with Gasteiger partial charge in [0.2, 0.25) is 10.0 Å². The van der Waals surface area contributed by atoms with E-state index in [2.05, 4.69) is 17.0 Å². The van der Waals surface area contributed by atoms with Crippen molar-refractivity contribution in [2.24, 2.45) is 0 Å². The lowest BCUT2D eigenvalue weighted by Crippen LogP contribution is -2.46. The molecule has 0 spiro atoms. The zero-order valence-electron chi connectivity index (χ0n) is 13.4. The predicted octanol–water partition coefficient (Wildman–Crippen LogP) is 2.26. The van der Waals surface area contributed by atoms with Gasteiger partial charge in [0.25, 0.3) is 0 Å². The first kappa shape index (κ1) is 18.6. The first-order chi connectivity index (χ1) is 9.73. The SMILES string of the molecule is CCCNCc1scc(C)c1S(=O)(=O)NC(C)(C)COC. The molecule has 0 saturated heterocycles. The van der Waals surface area contributed by atoms with Gasteiger partial charge in [-0.05, 0) is 44.7 Å². The summed E-state index contributed by atoms with van der Waals surface area (Å²) < 4.78 is 33.1. The van der Waals surface area contributed by atoms with E-state index in [1.54, 1.807) is 7.11 Å². The molecule has 0 unspecified atom stereocenters. The Kier molecular flexibility index (Phi) is 6.80. The first-order valence-corrected chi connectivity index (χ1v) is 9.40. The second kappa shape index (κ2) is 7.69. The molecule has 0 saturated carbocycles. The van der Waals surface area contributed by atoms with Gasteiger partial charge in [-0.1, -0.05) is 6.92 Å². The van der Waals surface area contributed by atoms with E-state index in [1.165, 1.54) is 11.3 Å². The molecular weight excluding hydrogens is 308 g/mol. The molecule has 2 N–H and O–H groups in total. The van der Waals surface area contributed by atoms with Gasteiger partial charge in [-0.2, -0.15) is 0 Å². The van der Waals surface area contributed by atoms with Crippen molar-refractivity contribution >= 4 is 21.4 Å². The van der Waals surface area contributed by atoms with Gasteiger partial charge >= 0.3 is 0 Å². The third kappa shape index (κ3) is 5.34. The lowest BCUT2D eigenvalue weighted by molar-refractivity contribution is 0.141. The summed E-state index contributed by atoms with van der Waals surface area (Å²) in [6, 6.07) is 0. The second-order valence-corrected chi connectivity index (χ2v) is 8.35. The van der Waals surface area contributed by atoms with Crippen molar-refractivity contribution < 1.29 is 13.2 Å². The fourth-order valence-corrected chi connectivity index (χ4v) is 5.34. The van der Waals surface area contributed by atoms with Gasteiger partial charge in [0.15, 0.2) is 0 Å². The Bertz CT molecular complexity index is 551. The topological polar surface area (TPSA) is 67.4 Å². The molecule has 1 aromatic rings. The highest BCUT2D eigenvalue weighted by Crippen LogP contribution is 2.27. The van der Waals surface area contributed by atoms with Crippen LogP contribution in [-0.4, -0.2) is 34.2 Å². The molecule has 0 atom stereocenters. The molecule has 122 valence electrons. The standard InChI is InChI=1S/C14H26N2O3S2/c1-6-7-15-8-12-13(11(2)9-20-12)21(17,18)16-14(3,4)10-19-5/h9,15-16H,6-8,10H2,1-5H3. The van der Waals surface area contributed by atoms with Gasteiger partial charge in [0.1, 0.15) is 4.90 Å². The van der Waals surface area contributed by atoms with Crippen LogP contribution in [0.4, 0.5) is 0 Å². The number of hydrogen-bond donors (Lipinski definition) is 2. The highest BCUT2D eigenvalue weighted by atomic mass is 32.2. The molecule has 0 radical (unpaired) electrons. The number of aryl methyl sites for hydroxylation is 1. The average Bonchev–Trinajstić information content (AvgIpc) is 2.70. The summed E-state index contributed by atoms with van der Waals surface area (Å²) in [6.07, 6.45) is 1.02. The quantitative estimate of drug-likeness (QED) is 0.680. The monoisotopic (exact) mass is 334 g/mol. The second-order valence-electron chi connectivity index (χ2n) is 5.77. The lowest BCUT2D eigenvalue weighted by atomic mass is 10.1. The Morgan fingerprint density at radius 3 is 2.62 bits per heavy atom. The highest BCUT2D eigenvalue weighted by molar-refractivity contribution is 7.89. The van der Waals surface area contributed by atoms with Crippen molar-refractivity contribution in [1.29, 1.82) is 0 Å². The summed E-state index contributed by atoms with van der Waals surface area (Å²) >= 11 is 1.48. The number of rotatable bonds is 9. The van der Waals surface area contributed by atoms with Crippen LogP contribution in [0.25, 0.3) is 0 Å². The van der Waals surface area contributed by atoms with Gasteiger partial charge < -0.3 is 10.1 Å². The maximum absolute atomic E-state index is 12.7. The Balaban J connectivity index is 2.99. The minimum Gasteiger partial charge on any atom is -0.383 e. The van der Waals surface area contributed by atoms with Crippen LogP contribution in [0.15, 0.2) is 10.3 Å². The predicted molar refractivity (Wildman–Crippen MR) is 87.3 cm³/mol. The van der Waals surface area contributed by atoms with Crippen molar-refractivity contribution in [2.45, 2.75) is 51.1 Å². The minimum atomic E-state index is -3.55. The zero-order chi connectivity index (χ0) is 16.1. The van der Waals surface area contributed by atoms with E-state index >= 15 is 0 Å². The van der Waals surface area contributed by atoms with Crippen LogP contribution in [0.1, 0.15) is 37.6 Å². The summed E-state index contributed by atoms with van der Waals surface area (Å²) in [4.78, 5) is 1.25. The molecule has 0 fully saturated rings. The molecule has 0 amide bonds. The molecule has 0 aromatic carbocycles. The van der Waals surface area contributed by atoms with Crippen LogP contribution < -0.4 is 10.0 Å². The molecule has 21 heavy (non-hydrogen) atoms. The third-order valence-corrected chi connectivity index (χ3v) is 6.05. The average molecular weight is 335 g/mol. The smallest absolute Gasteiger partial charge is 0.242 e. The van der Waals surface area contributed by atoms with Crippen molar-refractivity contribution in [1.82, 2.24) is 10.0 Å². The van der Waals surface area contributed by atoms with Gasteiger partial charge in [-0.3, -0.25) is 0 Å². The van der Waals surface area contributed by atoms with Crippen molar-refractivity contribution in [3.63, 3.8) is 0 Å². The van der Waals surface area contributed by atoms with Gasteiger partial charge in [0, 0.05) is 18.5 Å². The van der Waals surface area contributed by atoms with Crippen LogP contribution in [-0.2, 0) is 21.3 Å². The van der Waals surface area contributed by atoms with Crippen molar-refractivity contribution in [3.8, 4) is 0 Å². The number of ether oxygens (including phenoxy) is 1. The van der Waals surface area contributed by atoms with Crippen molar-refractivity contribution in [2.75, 3.05) is 20.3 Å². The number of methoxy groups -OCH3 is 1. The summed E-state index contributed by atoms with van der Waals surface area (Å²) in [5.41, 5.74) is 0.143. The summed E-state index contributed by atoms with van der Waals surface area (Å²) in [5, 5.41) is 5.15. The Labute approximate surface area is 132 Å². The van der Waals surface area contributed by atoms with Gasteiger partial charge in [0.05, 0.1) is 12.1 Å². The molecule has 1 rings (SSSR count). The fraction of sp³-hybridized carbons (Fsp3) is 0.714. The Morgan fingerprint density at radius 1 is 1.38 bits per heavy atom. The van der Waals surface area contributed by atoms with Crippen molar-refractivity contribution in [3.05, 3.63) is 15.8 Å². The molecule has 0 bridgehead atoms. The van der Waals surface area contributed by atoms with E-state index in [-0.39, 0.29) is 0 Å². The number of nitrogens with one attached hydrogen (secondary N) is 2. The normalized spacial score (nSPS) is 12.8. The molecule has 7 heteroatoms. The largest absolute Gasteiger partial charge is 0.383 e. The van der Waals surface area contributed by atoms with Crippen LogP contribution in [0, 0.1) is 6.92 Å². The van der Waals surface area contributed by atoms with Gasteiger partial charge in [-0.25, -0.2) is 13.1 Å². The summed E-state index contributed by atoms with van der Waals surface area (Å²) in [6.45, 7) is 9.30. The Morgan fingerprint density at radius 2 is 2.05 bits per heavy atom. The van der Waals surface area contributed by atoms with E-state index in [4.69, 9.17) is 4.74 Å². The maximum Gasteiger partial charge on any atom is 0.242 e. The maximum atomic E-state index is 12.7. The van der Waals surface area contributed by atoms with Crippen LogP contribution in [0.5, 0.6) is 0 Å². The van der Waals surface area contributed by atoms with Crippen LogP contribution in [0.2, 0.25) is 0 Å². The minimum absolute atomic E-state index is 0.318. The van der Waals surface area contributed by atoms with E-state index < -0.39 is 15.6 Å². The highest BCUT2D eigenvalue weighted by Gasteiger charge is 2.29. The molecule has 1 heterocycles. The van der Waals surface area contributed by atoms with Crippen LogP contribution >= 0.6 is 11.3 Å². The number of thiophene rings is 1. The van der Waals surface area contributed by atoms with E-state index in [0.29, 0.717) is 18.0 Å². The van der Waals surface area contributed by atoms with E-state index in [1.807, 2.05) is 26.2 Å². The lowest BCUT2D eigenvalue weighted by Gasteiger charge is -2.25.